The van der Waals surface area contributed by atoms with E-state index >= 15 is 0 Å². The molecule has 1 aromatic heterocycles. The number of ether oxygens (including phenoxy) is 2. The summed E-state index contributed by atoms with van der Waals surface area (Å²) in [5.74, 6) is 1.90. The molecule has 0 spiro atoms. The van der Waals surface area contributed by atoms with Crippen molar-refractivity contribution in [1.82, 2.24) is 5.32 Å². The summed E-state index contributed by atoms with van der Waals surface area (Å²) in [4.78, 5) is 0. The highest BCUT2D eigenvalue weighted by Crippen LogP contribution is 2.24. The van der Waals surface area contributed by atoms with Crippen LogP contribution >= 0.6 is 0 Å². The van der Waals surface area contributed by atoms with Gasteiger partial charge in [0.2, 0.25) is 0 Å². The fraction of sp³-hybridized carbons (Fsp3) is 0.750. The lowest BCUT2D eigenvalue weighted by Gasteiger charge is -2.27. The van der Waals surface area contributed by atoms with Gasteiger partial charge < -0.3 is 19.2 Å². The maximum atomic E-state index is 5.95. The quantitative estimate of drug-likeness (QED) is 0.743. The Morgan fingerprint density at radius 3 is 2.85 bits per heavy atom. The third-order valence-electron chi connectivity index (χ3n) is 3.82. The first-order valence-corrected chi connectivity index (χ1v) is 7.74. The first kappa shape index (κ1) is 15.5. The second kappa shape index (κ2) is 8.45. The van der Waals surface area contributed by atoms with E-state index in [1.807, 2.05) is 12.1 Å². The molecule has 0 aliphatic heterocycles. The Hall–Kier alpha value is -0.840. The van der Waals surface area contributed by atoms with Crippen LogP contribution in [-0.4, -0.2) is 25.9 Å². The Kier molecular flexibility index (Phi) is 6.57. The lowest BCUT2D eigenvalue weighted by molar-refractivity contribution is -0.0407. The van der Waals surface area contributed by atoms with Gasteiger partial charge in [-0.3, -0.25) is 0 Å². The maximum absolute atomic E-state index is 5.95. The molecule has 4 nitrogen and oxygen atoms in total. The Bertz CT molecular complexity index is 378. The lowest BCUT2D eigenvalue weighted by Crippen LogP contribution is -2.27. The maximum Gasteiger partial charge on any atom is 0.129 e. The summed E-state index contributed by atoms with van der Waals surface area (Å²) in [5, 5.41) is 3.33. The highest BCUT2D eigenvalue weighted by atomic mass is 16.5. The van der Waals surface area contributed by atoms with Crippen LogP contribution in [0.2, 0.25) is 0 Å². The Morgan fingerprint density at radius 1 is 1.25 bits per heavy atom. The Labute approximate surface area is 121 Å². The molecule has 2 atom stereocenters. The summed E-state index contributed by atoms with van der Waals surface area (Å²) in [7, 11) is 1.79. The minimum atomic E-state index is 0.306. The van der Waals surface area contributed by atoms with Gasteiger partial charge in [-0.05, 0) is 50.8 Å². The van der Waals surface area contributed by atoms with Gasteiger partial charge in [0.15, 0.2) is 0 Å². The standard InChI is InChI=1S/C16H27NO3/c1-3-9-17-11-15-7-8-16(20-15)12-19-14-6-4-5-13(10-14)18-2/h7-8,13-14,17H,3-6,9-12H2,1-2H3. The van der Waals surface area contributed by atoms with Crippen LogP contribution in [0.3, 0.4) is 0 Å². The average Bonchev–Trinajstić information content (AvgIpc) is 2.94. The number of rotatable bonds is 8. The van der Waals surface area contributed by atoms with Crippen LogP contribution in [0.15, 0.2) is 16.5 Å². The SMILES string of the molecule is CCCNCc1ccc(COC2CCCC(OC)C2)o1. The fourth-order valence-electron chi connectivity index (χ4n) is 2.65. The van der Waals surface area contributed by atoms with E-state index in [1.54, 1.807) is 7.11 Å². The smallest absolute Gasteiger partial charge is 0.129 e. The monoisotopic (exact) mass is 281 g/mol. The molecule has 1 aromatic rings. The zero-order chi connectivity index (χ0) is 14.2. The zero-order valence-corrected chi connectivity index (χ0v) is 12.7. The molecule has 1 saturated carbocycles. The van der Waals surface area contributed by atoms with Crippen molar-refractivity contribution in [3.8, 4) is 0 Å². The van der Waals surface area contributed by atoms with E-state index in [0.29, 0.717) is 18.8 Å². The molecule has 0 bridgehead atoms. The minimum Gasteiger partial charge on any atom is -0.462 e. The van der Waals surface area contributed by atoms with Crippen molar-refractivity contribution in [1.29, 1.82) is 0 Å². The number of hydrogen-bond acceptors (Lipinski definition) is 4. The Balaban J connectivity index is 1.70. The molecule has 2 rings (SSSR count). The third kappa shape index (κ3) is 4.93. The van der Waals surface area contributed by atoms with Gasteiger partial charge in [-0.1, -0.05) is 6.92 Å². The van der Waals surface area contributed by atoms with Gasteiger partial charge in [0.1, 0.15) is 18.1 Å². The topological polar surface area (TPSA) is 43.6 Å². The normalized spacial score (nSPS) is 23.1. The number of methoxy groups -OCH3 is 1. The molecule has 0 saturated heterocycles. The second-order valence-corrected chi connectivity index (χ2v) is 5.50. The molecule has 1 fully saturated rings. The van der Waals surface area contributed by atoms with Crippen molar-refractivity contribution in [2.45, 2.75) is 64.4 Å². The van der Waals surface area contributed by atoms with Crippen molar-refractivity contribution in [3.05, 3.63) is 23.7 Å². The van der Waals surface area contributed by atoms with E-state index < -0.39 is 0 Å². The Morgan fingerprint density at radius 2 is 2.05 bits per heavy atom. The van der Waals surface area contributed by atoms with Crippen LogP contribution in [0, 0.1) is 0 Å². The molecule has 1 heterocycles. The predicted molar refractivity (Wildman–Crippen MR) is 78.5 cm³/mol. The number of furan rings is 1. The van der Waals surface area contributed by atoms with E-state index in [9.17, 15) is 0 Å². The first-order chi connectivity index (χ1) is 9.81. The first-order valence-electron chi connectivity index (χ1n) is 7.74. The molecule has 1 aliphatic carbocycles. The summed E-state index contributed by atoms with van der Waals surface area (Å²) in [5.41, 5.74) is 0. The molecule has 0 radical (unpaired) electrons. The highest BCUT2D eigenvalue weighted by molar-refractivity contribution is 5.06. The predicted octanol–water partition coefficient (Wildman–Crippen LogP) is 3.25. The van der Waals surface area contributed by atoms with Crippen LogP contribution in [0.4, 0.5) is 0 Å². The van der Waals surface area contributed by atoms with Crippen molar-refractivity contribution in [2.24, 2.45) is 0 Å². The van der Waals surface area contributed by atoms with Crippen molar-refractivity contribution in [3.63, 3.8) is 0 Å². The summed E-state index contributed by atoms with van der Waals surface area (Å²) in [6.45, 7) is 4.54. The third-order valence-corrected chi connectivity index (χ3v) is 3.82. The van der Waals surface area contributed by atoms with E-state index in [-0.39, 0.29) is 0 Å². The zero-order valence-electron chi connectivity index (χ0n) is 12.7. The summed E-state index contributed by atoms with van der Waals surface area (Å²) >= 11 is 0. The van der Waals surface area contributed by atoms with Gasteiger partial charge in [0.25, 0.3) is 0 Å². The fourth-order valence-corrected chi connectivity index (χ4v) is 2.65. The van der Waals surface area contributed by atoms with Crippen LogP contribution in [-0.2, 0) is 22.6 Å². The summed E-state index contributed by atoms with van der Waals surface area (Å²) in [6, 6.07) is 4.04. The summed E-state index contributed by atoms with van der Waals surface area (Å²) in [6.07, 6.45) is 6.28. The molecule has 1 N–H and O–H groups in total. The van der Waals surface area contributed by atoms with Gasteiger partial charge in [-0.15, -0.1) is 0 Å². The van der Waals surface area contributed by atoms with Gasteiger partial charge in [-0.2, -0.15) is 0 Å². The highest BCUT2D eigenvalue weighted by Gasteiger charge is 2.22. The van der Waals surface area contributed by atoms with Crippen LogP contribution < -0.4 is 5.32 Å². The van der Waals surface area contributed by atoms with Crippen molar-refractivity contribution < 1.29 is 13.9 Å². The van der Waals surface area contributed by atoms with Gasteiger partial charge in [0.05, 0.1) is 18.8 Å². The van der Waals surface area contributed by atoms with Crippen LogP contribution in [0.5, 0.6) is 0 Å². The number of nitrogens with one attached hydrogen (secondary N) is 1. The van der Waals surface area contributed by atoms with Crippen LogP contribution in [0.25, 0.3) is 0 Å². The van der Waals surface area contributed by atoms with Crippen molar-refractivity contribution >= 4 is 0 Å². The van der Waals surface area contributed by atoms with E-state index in [2.05, 4.69) is 12.2 Å². The van der Waals surface area contributed by atoms with Gasteiger partial charge in [-0.25, -0.2) is 0 Å². The number of hydrogen-bond donors (Lipinski definition) is 1. The van der Waals surface area contributed by atoms with Crippen molar-refractivity contribution in [2.75, 3.05) is 13.7 Å². The van der Waals surface area contributed by atoms with E-state index in [4.69, 9.17) is 13.9 Å². The molecular weight excluding hydrogens is 254 g/mol. The largest absolute Gasteiger partial charge is 0.462 e. The minimum absolute atomic E-state index is 0.306. The molecule has 0 amide bonds. The molecule has 1 aliphatic rings. The lowest BCUT2D eigenvalue weighted by atomic mass is 9.95. The molecule has 20 heavy (non-hydrogen) atoms. The second-order valence-electron chi connectivity index (χ2n) is 5.50. The molecule has 2 unspecified atom stereocenters. The van der Waals surface area contributed by atoms with Crippen LogP contribution in [0.1, 0.15) is 50.5 Å². The molecule has 114 valence electrons. The molecule has 0 aromatic carbocycles. The van der Waals surface area contributed by atoms with Gasteiger partial charge >= 0.3 is 0 Å². The van der Waals surface area contributed by atoms with Gasteiger partial charge in [0, 0.05) is 7.11 Å². The molecular formula is C16H27NO3. The van der Waals surface area contributed by atoms with E-state index in [1.165, 1.54) is 6.42 Å². The molecule has 4 heteroatoms. The van der Waals surface area contributed by atoms with E-state index in [0.717, 1.165) is 50.3 Å². The average molecular weight is 281 g/mol. The summed E-state index contributed by atoms with van der Waals surface area (Å²) < 4.78 is 17.1.